The fraction of sp³-hybridized carbons (Fsp3) is 0.167. The third kappa shape index (κ3) is 3.52. The Kier molecular flexibility index (Phi) is 4.37. The van der Waals surface area contributed by atoms with Gasteiger partial charge >= 0.3 is 0 Å². The number of hydrogen-bond donors (Lipinski definition) is 1. The third-order valence-corrected chi connectivity index (χ3v) is 5.21. The average Bonchev–Trinajstić information content (AvgIpc) is 3.58. The van der Waals surface area contributed by atoms with Crippen LogP contribution in [0.1, 0.15) is 18.5 Å². The van der Waals surface area contributed by atoms with E-state index in [-0.39, 0.29) is 11.9 Å². The van der Waals surface area contributed by atoms with Gasteiger partial charge in [0.15, 0.2) is 5.75 Å². The quantitative estimate of drug-likeness (QED) is 0.553. The molecule has 4 aromatic rings. The zero-order valence-electron chi connectivity index (χ0n) is 15.8. The molecule has 1 aliphatic carbocycles. The molecule has 0 bridgehead atoms. The molecule has 5 nitrogen and oxygen atoms in total. The Hall–Kier alpha value is -3.44. The summed E-state index contributed by atoms with van der Waals surface area (Å²) in [4.78, 5) is 16.4. The van der Waals surface area contributed by atoms with Crippen molar-refractivity contribution in [1.29, 1.82) is 0 Å². The summed E-state index contributed by atoms with van der Waals surface area (Å²) in [5.41, 5.74) is 3.21. The van der Waals surface area contributed by atoms with Gasteiger partial charge in [0, 0.05) is 35.1 Å². The summed E-state index contributed by atoms with van der Waals surface area (Å²) in [5.74, 6) is -0.280. The Labute approximate surface area is 167 Å². The monoisotopic (exact) mass is 384 g/mol. The maximum atomic E-state index is 12.0. The van der Waals surface area contributed by atoms with Gasteiger partial charge in [-0.1, -0.05) is 36.4 Å². The Morgan fingerprint density at radius 2 is 1.93 bits per heavy atom. The lowest BCUT2D eigenvalue weighted by Crippen LogP contribution is -2.12. The molecule has 0 aliphatic heterocycles. The van der Waals surface area contributed by atoms with Gasteiger partial charge in [0.1, 0.15) is 0 Å². The SMILES string of the molecule is O=c1cc(COC2CC2)n(-c2cccc(-c3cncc4ccccc34)c2)cc1O. The van der Waals surface area contributed by atoms with Crippen molar-refractivity contribution in [3.8, 4) is 22.6 Å². The maximum absolute atomic E-state index is 12.0. The molecule has 1 saturated carbocycles. The second-order valence-electron chi connectivity index (χ2n) is 7.35. The minimum absolute atomic E-state index is 0.278. The van der Waals surface area contributed by atoms with Gasteiger partial charge in [0.05, 0.1) is 24.6 Å². The van der Waals surface area contributed by atoms with Gasteiger partial charge in [0.25, 0.3) is 0 Å². The Morgan fingerprint density at radius 3 is 2.79 bits per heavy atom. The Morgan fingerprint density at radius 1 is 1.07 bits per heavy atom. The highest BCUT2D eigenvalue weighted by molar-refractivity contribution is 5.95. The summed E-state index contributed by atoms with van der Waals surface area (Å²) in [5, 5.41) is 12.2. The second kappa shape index (κ2) is 7.18. The first kappa shape index (κ1) is 17.6. The number of fused-ring (bicyclic) bond motifs is 1. The van der Waals surface area contributed by atoms with Crippen molar-refractivity contribution in [3.63, 3.8) is 0 Å². The molecule has 0 radical (unpaired) electrons. The molecule has 0 amide bonds. The van der Waals surface area contributed by atoms with Crippen LogP contribution in [0, 0.1) is 0 Å². The number of nitrogens with zero attached hydrogens (tertiary/aromatic N) is 2. The molecule has 144 valence electrons. The highest BCUT2D eigenvalue weighted by atomic mass is 16.5. The van der Waals surface area contributed by atoms with Crippen LogP contribution in [-0.4, -0.2) is 20.8 Å². The average molecular weight is 384 g/mol. The number of rotatable bonds is 5. The molecule has 1 N–H and O–H groups in total. The molecule has 5 rings (SSSR count). The van der Waals surface area contributed by atoms with Crippen LogP contribution in [0.25, 0.3) is 27.6 Å². The van der Waals surface area contributed by atoms with Crippen molar-refractivity contribution in [2.45, 2.75) is 25.6 Å². The van der Waals surface area contributed by atoms with Gasteiger partial charge in [0.2, 0.25) is 5.43 Å². The van der Waals surface area contributed by atoms with Crippen LogP contribution in [0.15, 0.2) is 78.0 Å². The van der Waals surface area contributed by atoms with Gasteiger partial charge in [-0.2, -0.15) is 0 Å². The summed E-state index contributed by atoms with van der Waals surface area (Å²) in [6.07, 6.45) is 7.59. The van der Waals surface area contributed by atoms with Gasteiger partial charge in [-0.25, -0.2) is 0 Å². The predicted molar refractivity (Wildman–Crippen MR) is 112 cm³/mol. The predicted octanol–water partition coefficient (Wildman–Crippen LogP) is 4.44. The Balaban J connectivity index is 1.61. The number of benzene rings is 2. The summed E-state index contributed by atoms with van der Waals surface area (Å²) in [6.45, 7) is 0.334. The van der Waals surface area contributed by atoms with Crippen molar-refractivity contribution < 1.29 is 9.84 Å². The van der Waals surface area contributed by atoms with Crippen molar-refractivity contribution >= 4 is 10.8 Å². The second-order valence-corrected chi connectivity index (χ2v) is 7.35. The zero-order valence-corrected chi connectivity index (χ0v) is 15.8. The number of aromatic hydroxyl groups is 1. The molecule has 0 spiro atoms. The van der Waals surface area contributed by atoms with Crippen LogP contribution in [0.2, 0.25) is 0 Å². The first-order valence-electron chi connectivity index (χ1n) is 9.69. The van der Waals surface area contributed by atoms with E-state index in [1.807, 2.05) is 59.4 Å². The first-order chi connectivity index (χ1) is 14.2. The van der Waals surface area contributed by atoms with E-state index in [4.69, 9.17) is 4.74 Å². The topological polar surface area (TPSA) is 64.4 Å². The summed E-state index contributed by atoms with van der Waals surface area (Å²) in [6, 6.07) is 17.6. The summed E-state index contributed by atoms with van der Waals surface area (Å²) >= 11 is 0. The Bertz CT molecular complexity index is 1250. The standard InChI is InChI=1S/C24H20N2O3/c27-23-11-19(15-29-20-8-9-20)26(14-24(23)28)18-6-3-5-16(10-18)22-13-25-12-17-4-1-2-7-21(17)22/h1-7,10-14,20,28H,8-9,15H2. The molecular formula is C24H20N2O3. The fourth-order valence-corrected chi connectivity index (χ4v) is 3.52. The molecule has 0 atom stereocenters. The van der Waals surface area contributed by atoms with Gasteiger partial charge in [-0.3, -0.25) is 9.78 Å². The van der Waals surface area contributed by atoms with E-state index in [0.29, 0.717) is 12.3 Å². The van der Waals surface area contributed by atoms with Crippen molar-refractivity contribution in [1.82, 2.24) is 9.55 Å². The smallest absolute Gasteiger partial charge is 0.223 e. The van der Waals surface area contributed by atoms with Crippen LogP contribution >= 0.6 is 0 Å². The van der Waals surface area contributed by atoms with Crippen LogP contribution in [-0.2, 0) is 11.3 Å². The highest BCUT2D eigenvalue weighted by Crippen LogP contribution is 2.30. The normalized spacial score (nSPS) is 13.7. The zero-order chi connectivity index (χ0) is 19.8. The van der Waals surface area contributed by atoms with E-state index >= 15 is 0 Å². The fourth-order valence-electron chi connectivity index (χ4n) is 3.52. The molecular weight excluding hydrogens is 364 g/mol. The minimum Gasteiger partial charge on any atom is -0.503 e. The van der Waals surface area contributed by atoms with Crippen LogP contribution in [0.5, 0.6) is 5.75 Å². The van der Waals surface area contributed by atoms with Gasteiger partial charge in [-0.05, 0) is 35.9 Å². The van der Waals surface area contributed by atoms with Gasteiger partial charge < -0.3 is 14.4 Å². The molecule has 1 fully saturated rings. The van der Waals surface area contributed by atoms with Crippen molar-refractivity contribution in [3.05, 3.63) is 89.1 Å². The lowest BCUT2D eigenvalue weighted by atomic mass is 10.0. The van der Waals surface area contributed by atoms with E-state index in [2.05, 4.69) is 11.1 Å². The molecule has 2 aromatic carbocycles. The van der Waals surface area contributed by atoms with E-state index in [0.717, 1.165) is 40.4 Å². The van der Waals surface area contributed by atoms with Gasteiger partial charge in [-0.15, -0.1) is 0 Å². The summed E-state index contributed by atoms with van der Waals surface area (Å²) in [7, 11) is 0. The molecule has 2 heterocycles. The lowest BCUT2D eigenvalue weighted by Gasteiger charge is -2.16. The van der Waals surface area contributed by atoms with Crippen LogP contribution in [0.3, 0.4) is 0 Å². The first-order valence-corrected chi connectivity index (χ1v) is 9.69. The number of pyridine rings is 2. The number of hydrogen-bond acceptors (Lipinski definition) is 4. The number of aromatic nitrogens is 2. The molecule has 1 aliphatic rings. The molecule has 2 aromatic heterocycles. The van der Waals surface area contributed by atoms with Crippen molar-refractivity contribution in [2.75, 3.05) is 0 Å². The largest absolute Gasteiger partial charge is 0.503 e. The molecule has 29 heavy (non-hydrogen) atoms. The minimum atomic E-state index is -0.398. The van der Waals surface area contributed by atoms with E-state index in [9.17, 15) is 9.90 Å². The lowest BCUT2D eigenvalue weighted by molar-refractivity contribution is 0.102. The maximum Gasteiger partial charge on any atom is 0.223 e. The molecule has 0 saturated heterocycles. The summed E-state index contributed by atoms with van der Waals surface area (Å²) < 4.78 is 7.64. The molecule has 5 heteroatoms. The number of ether oxygens (including phenoxy) is 1. The molecule has 0 unspecified atom stereocenters. The highest BCUT2D eigenvalue weighted by Gasteiger charge is 2.22. The van der Waals surface area contributed by atoms with E-state index in [1.54, 1.807) is 0 Å². The van der Waals surface area contributed by atoms with Crippen LogP contribution < -0.4 is 5.43 Å². The van der Waals surface area contributed by atoms with E-state index in [1.165, 1.54) is 12.3 Å². The van der Waals surface area contributed by atoms with Crippen molar-refractivity contribution in [2.24, 2.45) is 0 Å². The van der Waals surface area contributed by atoms with Crippen LogP contribution in [0.4, 0.5) is 0 Å². The third-order valence-electron chi connectivity index (χ3n) is 5.21. The van der Waals surface area contributed by atoms with E-state index < -0.39 is 5.43 Å².